The number of oxazole rings is 1. The van der Waals surface area contributed by atoms with E-state index >= 15 is 0 Å². The van der Waals surface area contributed by atoms with Gasteiger partial charge in [-0.3, -0.25) is 0 Å². The zero-order valence-corrected chi connectivity index (χ0v) is 9.12. The van der Waals surface area contributed by atoms with Crippen LogP contribution in [0.2, 0.25) is 0 Å². The van der Waals surface area contributed by atoms with Crippen LogP contribution in [0.3, 0.4) is 0 Å². The Bertz CT molecular complexity index is 258. The number of hydrogen-bond donors (Lipinski definition) is 1. The van der Waals surface area contributed by atoms with Crippen LogP contribution in [-0.2, 0) is 12.8 Å². The molecule has 3 heteroatoms. The number of rotatable bonds is 6. The quantitative estimate of drug-likeness (QED) is 0.758. The second-order valence-electron chi connectivity index (χ2n) is 3.83. The summed E-state index contributed by atoms with van der Waals surface area (Å²) in [6.07, 6.45) is 5.82. The van der Waals surface area contributed by atoms with Crippen LogP contribution in [0, 0.1) is 5.92 Å². The molecule has 3 nitrogen and oxygen atoms in total. The number of aromatic nitrogens is 1. The zero-order chi connectivity index (χ0) is 10.4. The minimum Gasteiger partial charge on any atom is -0.446 e. The largest absolute Gasteiger partial charge is 0.446 e. The SMILES string of the molecule is CCC(C)Cc1cnc(CCCN)o1. The van der Waals surface area contributed by atoms with E-state index in [2.05, 4.69) is 18.8 Å². The number of nitrogens with two attached hydrogens (primary N) is 1. The average molecular weight is 196 g/mol. The standard InChI is InChI=1S/C11H20N2O/c1-3-9(2)7-10-8-13-11(14-10)5-4-6-12/h8-9H,3-7,12H2,1-2H3. The van der Waals surface area contributed by atoms with Gasteiger partial charge in [-0.1, -0.05) is 20.3 Å². The molecule has 1 heterocycles. The van der Waals surface area contributed by atoms with Crippen molar-refractivity contribution in [3.8, 4) is 0 Å². The summed E-state index contributed by atoms with van der Waals surface area (Å²) in [5, 5.41) is 0. The highest BCUT2D eigenvalue weighted by atomic mass is 16.4. The van der Waals surface area contributed by atoms with E-state index in [4.69, 9.17) is 10.2 Å². The Balaban J connectivity index is 2.42. The fraction of sp³-hybridized carbons (Fsp3) is 0.727. The predicted octanol–water partition coefficient (Wildman–Crippen LogP) is 2.15. The molecule has 0 aliphatic heterocycles. The maximum atomic E-state index is 5.59. The van der Waals surface area contributed by atoms with E-state index in [0.717, 1.165) is 30.9 Å². The van der Waals surface area contributed by atoms with Crippen molar-refractivity contribution >= 4 is 0 Å². The lowest BCUT2D eigenvalue weighted by molar-refractivity contribution is 0.416. The van der Waals surface area contributed by atoms with Crippen molar-refractivity contribution in [1.29, 1.82) is 0 Å². The highest BCUT2D eigenvalue weighted by Gasteiger charge is 2.06. The van der Waals surface area contributed by atoms with Gasteiger partial charge in [-0.2, -0.15) is 0 Å². The van der Waals surface area contributed by atoms with Gasteiger partial charge >= 0.3 is 0 Å². The molecule has 80 valence electrons. The Hall–Kier alpha value is -0.830. The Morgan fingerprint density at radius 1 is 1.57 bits per heavy atom. The van der Waals surface area contributed by atoms with Crippen LogP contribution >= 0.6 is 0 Å². The second-order valence-corrected chi connectivity index (χ2v) is 3.83. The lowest BCUT2D eigenvalue weighted by atomic mass is 10.0. The monoisotopic (exact) mass is 196 g/mol. The van der Waals surface area contributed by atoms with Gasteiger partial charge in [0.25, 0.3) is 0 Å². The van der Waals surface area contributed by atoms with Crippen molar-refractivity contribution in [2.45, 2.75) is 39.5 Å². The highest BCUT2D eigenvalue weighted by Crippen LogP contribution is 2.13. The third-order valence-corrected chi connectivity index (χ3v) is 2.44. The molecule has 0 fully saturated rings. The smallest absolute Gasteiger partial charge is 0.194 e. The van der Waals surface area contributed by atoms with Gasteiger partial charge in [0, 0.05) is 12.8 Å². The van der Waals surface area contributed by atoms with Gasteiger partial charge in [-0.15, -0.1) is 0 Å². The molecule has 0 saturated carbocycles. The molecule has 1 unspecified atom stereocenters. The van der Waals surface area contributed by atoms with Gasteiger partial charge < -0.3 is 10.2 Å². The van der Waals surface area contributed by atoms with Crippen molar-refractivity contribution in [2.75, 3.05) is 6.54 Å². The van der Waals surface area contributed by atoms with Gasteiger partial charge in [0.1, 0.15) is 5.76 Å². The fourth-order valence-electron chi connectivity index (χ4n) is 1.30. The van der Waals surface area contributed by atoms with Gasteiger partial charge in [-0.25, -0.2) is 4.98 Å². The molecule has 1 aromatic heterocycles. The van der Waals surface area contributed by atoms with Gasteiger partial charge in [-0.05, 0) is 18.9 Å². The summed E-state index contributed by atoms with van der Waals surface area (Å²) in [6, 6.07) is 0. The van der Waals surface area contributed by atoms with E-state index in [1.54, 1.807) is 0 Å². The van der Waals surface area contributed by atoms with Crippen LogP contribution in [-0.4, -0.2) is 11.5 Å². The predicted molar refractivity (Wildman–Crippen MR) is 57.0 cm³/mol. The summed E-state index contributed by atoms with van der Waals surface area (Å²) < 4.78 is 5.59. The molecule has 1 rings (SSSR count). The van der Waals surface area contributed by atoms with E-state index < -0.39 is 0 Å². The van der Waals surface area contributed by atoms with Crippen LogP contribution in [0.15, 0.2) is 10.6 Å². The van der Waals surface area contributed by atoms with E-state index in [9.17, 15) is 0 Å². The third kappa shape index (κ3) is 3.50. The summed E-state index contributed by atoms with van der Waals surface area (Å²) in [5.41, 5.74) is 5.42. The lowest BCUT2D eigenvalue weighted by Gasteiger charge is -2.03. The molecule has 0 saturated heterocycles. The highest BCUT2D eigenvalue weighted by molar-refractivity contribution is 4.95. The summed E-state index contributed by atoms with van der Waals surface area (Å²) in [5.74, 6) is 2.51. The summed E-state index contributed by atoms with van der Waals surface area (Å²) in [4.78, 5) is 4.22. The van der Waals surface area contributed by atoms with Crippen molar-refractivity contribution in [3.05, 3.63) is 17.8 Å². The molecule has 0 aliphatic rings. The van der Waals surface area contributed by atoms with Crippen molar-refractivity contribution in [3.63, 3.8) is 0 Å². The maximum absolute atomic E-state index is 5.59. The normalized spacial score (nSPS) is 13.1. The molecular formula is C11H20N2O. The van der Waals surface area contributed by atoms with Crippen LogP contribution in [0.5, 0.6) is 0 Å². The topological polar surface area (TPSA) is 52.0 Å². The van der Waals surface area contributed by atoms with Gasteiger partial charge in [0.05, 0.1) is 6.20 Å². The zero-order valence-electron chi connectivity index (χ0n) is 9.12. The minimum absolute atomic E-state index is 0.672. The fourth-order valence-corrected chi connectivity index (χ4v) is 1.30. The number of hydrogen-bond acceptors (Lipinski definition) is 3. The van der Waals surface area contributed by atoms with Crippen molar-refractivity contribution in [2.24, 2.45) is 11.7 Å². The van der Waals surface area contributed by atoms with E-state index in [1.165, 1.54) is 6.42 Å². The summed E-state index contributed by atoms with van der Waals surface area (Å²) in [6.45, 7) is 5.11. The Kier molecular flexibility index (Phi) is 4.66. The first-order chi connectivity index (χ1) is 6.76. The van der Waals surface area contributed by atoms with E-state index in [0.29, 0.717) is 12.5 Å². The van der Waals surface area contributed by atoms with Crippen LogP contribution in [0.25, 0.3) is 0 Å². The first-order valence-corrected chi connectivity index (χ1v) is 5.40. The second kappa shape index (κ2) is 5.81. The molecule has 0 bridgehead atoms. The summed E-state index contributed by atoms with van der Waals surface area (Å²) in [7, 11) is 0. The summed E-state index contributed by atoms with van der Waals surface area (Å²) >= 11 is 0. The van der Waals surface area contributed by atoms with Crippen molar-refractivity contribution < 1.29 is 4.42 Å². The third-order valence-electron chi connectivity index (χ3n) is 2.44. The van der Waals surface area contributed by atoms with Crippen molar-refractivity contribution in [1.82, 2.24) is 4.98 Å². The molecular weight excluding hydrogens is 176 g/mol. The molecule has 1 aromatic rings. The molecule has 0 aliphatic carbocycles. The van der Waals surface area contributed by atoms with Crippen LogP contribution < -0.4 is 5.73 Å². The minimum atomic E-state index is 0.672. The average Bonchev–Trinajstić information content (AvgIpc) is 2.62. The first kappa shape index (κ1) is 11.2. The Morgan fingerprint density at radius 3 is 3.00 bits per heavy atom. The van der Waals surface area contributed by atoms with Gasteiger partial charge in [0.2, 0.25) is 0 Å². The van der Waals surface area contributed by atoms with E-state index in [1.807, 2.05) is 6.20 Å². The molecule has 0 spiro atoms. The lowest BCUT2D eigenvalue weighted by Crippen LogP contribution is -2.00. The molecule has 0 aromatic carbocycles. The first-order valence-electron chi connectivity index (χ1n) is 5.40. The number of nitrogens with zero attached hydrogens (tertiary/aromatic N) is 1. The van der Waals surface area contributed by atoms with Crippen LogP contribution in [0.4, 0.5) is 0 Å². The molecule has 14 heavy (non-hydrogen) atoms. The Labute approximate surface area is 85.7 Å². The van der Waals surface area contributed by atoms with Crippen LogP contribution in [0.1, 0.15) is 38.3 Å². The maximum Gasteiger partial charge on any atom is 0.194 e. The van der Waals surface area contributed by atoms with E-state index in [-0.39, 0.29) is 0 Å². The molecule has 0 radical (unpaired) electrons. The number of aryl methyl sites for hydroxylation is 1. The van der Waals surface area contributed by atoms with Gasteiger partial charge in [0.15, 0.2) is 5.89 Å². The molecule has 1 atom stereocenters. The molecule has 2 N–H and O–H groups in total. The Morgan fingerprint density at radius 2 is 2.36 bits per heavy atom. The molecule has 0 amide bonds.